The van der Waals surface area contributed by atoms with Gasteiger partial charge in [-0.05, 0) is 124 Å². The van der Waals surface area contributed by atoms with E-state index in [0.717, 1.165) is 17.3 Å². The smallest absolute Gasteiger partial charge is 0.257 e. The number of anilines is 6. The summed E-state index contributed by atoms with van der Waals surface area (Å²) in [5.74, 6) is 2.00. The van der Waals surface area contributed by atoms with Crippen molar-refractivity contribution in [1.29, 1.82) is 0 Å². The molecule has 0 amide bonds. The number of hydrogen-bond donors (Lipinski definition) is 0. The SMILES string of the molecule is Cc1cc2c3c(c1)N(c1ccc(C(C)(C)C)cc1)c1oc4c(c1B3c1cc(C(C)(C)C)ccc1N2c1ccc(C(C)(C)C)cc1)-c1ccccc1C4(C)C. The first kappa shape index (κ1) is 34.8. The first-order valence-corrected chi connectivity index (χ1v) is 19.7. The standard InChI is InChI=1S/C50H53BN2O/c1-30-27-40-43-41(28-30)53(35-24-19-32(20-25-35)48(5,6)7)46-44(42-36-15-13-14-16-37(36)50(11,12)45(42)54-46)51(43)38-29-33(49(8,9)10)21-26-39(38)52(40)34-22-17-31(18-23-34)47(2,3)4/h13-29H,1-12H3. The molecule has 9 rings (SSSR count). The zero-order valence-corrected chi connectivity index (χ0v) is 34.2. The van der Waals surface area contributed by atoms with Crippen LogP contribution in [0.1, 0.15) is 110 Å². The summed E-state index contributed by atoms with van der Waals surface area (Å²) in [4.78, 5) is 4.96. The van der Waals surface area contributed by atoms with E-state index in [1.807, 2.05) is 0 Å². The third kappa shape index (κ3) is 5.01. The van der Waals surface area contributed by atoms with Crippen LogP contribution in [0.25, 0.3) is 11.1 Å². The van der Waals surface area contributed by atoms with Gasteiger partial charge < -0.3 is 9.32 Å². The summed E-state index contributed by atoms with van der Waals surface area (Å²) in [5.41, 5.74) is 18.8. The number of nitrogens with zero attached hydrogens (tertiary/aromatic N) is 2. The van der Waals surface area contributed by atoms with Crippen molar-refractivity contribution in [3.63, 3.8) is 0 Å². The van der Waals surface area contributed by atoms with E-state index in [9.17, 15) is 0 Å². The Morgan fingerprint density at radius 1 is 0.556 bits per heavy atom. The van der Waals surface area contributed by atoms with Crippen LogP contribution in [0.4, 0.5) is 34.3 Å². The molecule has 0 N–H and O–H groups in total. The van der Waals surface area contributed by atoms with E-state index >= 15 is 0 Å². The molecule has 3 nitrogen and oxygen atoms in total. The molecule has 0 saturated heterocycles. The highest BCUT2D eigenvalue weighted by Crippen LogP contribution is 2.54. The van der Waals surface area contributed by atoms with Crippen LogP contribution in [0.3, 0.4) is 0 Å². The normalized spacial score (nSPS) is 15.4. The van der Waals surface area contributed by atoms with Crippen LogP contribution >= 0.6 is 0 Å². The number of furan rings is 1. The van der Waals surface area contributed by atoms with Crippen molar-refractivity contribution in [2.75, 3.05) is 9.80 Å². The second kappa shape index (κ2) is 11.3. The van der Waals surface area contributed by atoms with Gasteiger partial charge in [-0.25, -0.2) is 0 Å². The average molecular weight is 709 g/mol. The van der Waals surface area contributed by atoms with Crippen molar-refractivity contribution in [2.45, 2.75) is 105 Å². The van der Waals surface area contributed by atoms with Crippen molar-refractivity contribution in [3.8, 4) is 11.1 Å². The van der Waals surface area contributed by atoms with Gasteiger partial charge in [0.15, 0.2) is 0 Å². The summed E-state index contributed by atoms with van der Waals surface area (Å²) < 4.78 is 7.38. The van der Waals surface area contributed by atoms with Crippen molar-refractivity contribution in [1.82, 2.24) is 0 Å². The summed E-state index contributed by atoms with van der Waals surface area (Å²) in [6.07, 6.45) is 0. The van der Waals surface area contributed by atoms with Crippen molar-refractivity contribution < 1.29 is 4.42 Å². The summed E-state index contributed by atoms with van der Waals surface area (Å²) in [7, 11) is 0. The van der Waals surface area contributed by atoms with Crippen LogP contribution in [-0.4, -0.2) is 6.71 Å². The highest BCUT2D eigenvalue weighted by Gasteiger charge is 2.51. The Hall–Kier alpha value is -4.96. The molecule has 54 heavy (non-hydrogen) atoms. The second-order valence-corrected chi connectivity index (χ2v) is 19.6. The fourth-order valence-corrected chi connectivity index (χ4v) is 9.27. The zero-order valence-electron chi connectivity index (χ0n) is 34.2. The van der Waals surface area contributed by atoms with Gasteiger partial charge in [-0.15, -0.1) is 0 Å². The molecule has 0 atom stereocenters. The van der Waals surface area contributed by atoms with Gasteiger partial charge in [0.1, 0.15) is 5.76 Å². The lowest BCUT2D eigenvalue weighted by Gasteiger charge is -2.43. The fraction of sp³-hybridized carbons (Fsp3) is 0.320. The maximum atomic E-state index is 7.38. The second-order valence-electron chi connectivity index (χ2n) is 19.6. The van der Waals surface area contributed by atoms with Crippen LogP contribution < -0.4 is 26.2 Å². The Morgan fingerprint density at radius 2 is 1.07 bits per heavy atom. The molecule has 4 heteroatoms. The molecule has 1 aromatic heterocycles. The third-order valence-corrected chi connectivity index (χ3v) is 12.3. The molecule has 0 fully saturated rings. The Morgan fingerprint density at radius 3 is 1.65 bits per heavy atom. The van der Waals surface area contributed by atoms with Gasteiger partial charge in [0.25, 0.3) is 6.71 Å². The van der Waals surface area contributed by atoms with Gasteiger partial charge in [-0.3, -0.25) is 4.90 Å². The summed E-state index contributed by atoms with van der Waals surface area (Å²) in [5, 5.41) is 0. The average Bonchev–Trinajstić information content (AvgIpc) is 3.60. The van der Waals surface area contributed by atoms with Gasteiger partial charge in [-0.2, -0.15) is 0 Å². The van der Waals surface area contributed by atoms with Gasteiger partial charge in [0.2, 0.25) is 5.88 Å². The summed E-state index contributed by atoms with van der Waals surface area (Å²) in [6, 6.07) is 39.5. The lowest BCUT2D eigenvalue weighted by molar-refractivity contribution is 0.445. The first-order valence-electron chi connectivity index (χ1n) is 19.7. The highest BCUT2D eigenvalue weighted by atomic mass is 16.4. The molecule has 3 aliphatic rings. The Labute approximate surface area is 323 Å². The van der Waals surface area contributed by atoms with Crippen LogP contribution in [0, 0.1) is 6.92 Å². The molecule has 5 aromatic carbocycles. The Balaban J connectivity index is 1.40. The number of hydrogen-bond acceptors (Lipinski definition) is 3. The van der Waals surface area contributed by atoms with Gasteiger partial charge in [0, 0.05) is 44.9 Å². The molecule has 0 bridgehead atoms. The molecule has 272 valence electrons. The van der Waals surface area contributed by atoms with Crippen LogP contribution in [-0.2, 0) is 21.7 Å². The lowest BCUT2D eigenvalue weighted by atomic mass is 9.33. The molecule has 1 aliphatic carbocycles. The molecule has 0 radical (unpaired) electrons. The van der Waals surface area contributed by atoms with Crippen molar-refractivity contribution in [3.05, 3.63) is 137 Å². The maximum absolute atomic E-state index is 7.38. The quantitative estimate of drug-likeness (QED) is 0.167. The molecule has 0 unspecified atom stereocenters. The van der Waals surface area contributed by atoms with Gasteiger partial charge in [-0.1, -0.05) is 123 Å². The molecule has 0 saturated carbocycles. The van der Waals surface area contributed by atoms with E-state index in [1.54, 1.807) is 0 Å². The minimum absolute atomic E-state index is 0.0180. The largest absolute Gasteiger partial charge is 0.444 e. The van der Waals surface area contributed by atoms with E-state index in [2.05, 4.69) is 196 Å². The number of rotatable bonds is 2. The molecule has 6 aromatic rings. The maximum Gasteiger partial charge on any atom is 0.257 e. The molecule has 3 heterocycles. The van der Waals surface area contributed by atoms with E-state index in [4.69, 9.17) is 4.42 Å². The van der Waals surface area contributed by atoms with Crippen molar-refractivity contribution in [2.24, 2.45) is 0 Å². The zero-order chi connectivity index (χ0) is 38.3. The number of aryl methyl sites for hydroxylation is 1. The minimum atomic E-state index is -0.276. The van der Waals surface area contributed by atoms with E-state index in [0.29, 0.717) is 0 Å². The number of fused-ring (bicyclic) bond motifs is 8. The monoisotopic (exact) mass is 708 g/mol. The van der Waals surface area contributed by atoms with Crippen molar-refractivity contribution >= 4 is 57.4 Å². The van der Waals surface area contributed by atoms with E-state index in [1.165, 1.54) is 78.1 Å². The first-order chi connectivity index (χ1) is 25.4. The lowest BCUT2D eigenvalue weighted by Crippen LogP contribution is -2.61. The molecule has 2 aliphatic heterocycles. The minimum Gasteiger partial charge on any atom is -0.444 e. The molecular weight excluding hydrogens is 655 g/mol. The number of benzene rings is 5. The van der Waals surface area contributed by atoms with Crippen LogP contribution in [0.5, 0.6) is 0 Å². The Kier molecular flexibility index (Phi) is 7.27. The van der Waals surface area contributed by atoms with E-state index < -0.39 is 0 Å². The van der Waals surface area contributed by atoms with Crippen LogP contribution in [0.15, 0.2) is 108 Å². The third-order valence-electron chi connectivity index (χ3n) is 12.3. The molecule has 0 spiro atoms. The van der Waals surface area contributed by atoms with Gasteiger partial charge in [0.05, 0.1) is 0 Å². The van der Waals surface area contributed by atoms with E-state index in [-0.39, 0.29) is 28.4 Å². The predicted octanol–water partition coefficient (Wildman–Crippen LogP) is 11.9. The van der Waals surface area contributed by atoms with Crippen LogP contribution in [0.2, 0.25) is 0 Å². The Bertz CT molecular complexity index is 2480. The van der Waals surface area contributed by atoms with Gasteiger partial charge >= 0.3 is 0 Å². The summed E-state index contributed by atoms with van der Waals surface area (Å²) in [6.45, 7) is 27.6. The highest BCUT2D eigenvalue weighted by molar-refractivity contribution is 7.01. The molecular formula is C50H53BN2O. The summed E-state index contributed by atoms with van der Waals surface area (Å²) >= 11 is 0. The fourth-order valence-electron chi connectivity index (χ4n) is 9.27. The predicted molar refractivity (Wildman–Crippen MR) is 231 cm³/mol. The topological polar surface area (TPSA) is 19.6 Å².